The fourth-order valence-corrected chi connectivity index (χ4v) is 9.21. The number of thioether (sulfide) groups is 1. The molecule has 0 spiro atoms. The van der Waals surface area contributed by atoms with Gasteiger partial charge >= 0.3 is 6.09 Å². The van der Waals surface area contributed by atoms with Crippen LogP contribution in [0.1, 0.15) is 46.2 Å². The maximum Gasteiger partial charge on any atom is 0.407 e. The summed E-state index contributed by atoms with van der Waals surface area (Å²) >= 11 is 1.78. The highest BCUT2D eigenvalue weighted by molar-refractivity contribution is 8.00. The Kier molecular flexibility index (Phi) is 12.1. The zero-order valence-corrected chi connectivity index (χ0v) is 32.7. The fraction of sp³-hybridized carbons (Fsp3) is 0.208. The molecule has 7 rings (SSSR count). The average Bonchev–Trinajstić information content (AvgIpc) is 3.58. The van der Waals surface area contributed by atoms with E-state index in [1.807, 2.05) is 60.7 Å². The van der Waals surface area contributed by atoms with Crippen molar-refractivity contribution in [3.05, 3.63) is 191 Å². The predicted octanol–water partition coefficient (Wildman–Crippen LogP) is 9.68. The zero-order chi connectivity index (χ0) is 38.9. The molecule has 0 saturated carbocycles. The molecule has 0 heterocycles. The number of benzene rings is 6. The maximum absolute atomic E-state index is 14.4. The largest absolute Gasteiger partial charge is 0.497 e. The molecule has 0 aromatic heterocycles. The van der Waals surface area contributed by atoms with E-state index in [1.165, 1.54) is 0 Å². The second-order valence-corrected chi connectivity index (χ2v) is 15.1. The van der Waals surface area contributed by atoms with E-state index in [2.05, 4.69) is 102 Å². The van der Waals surface area contributed by atoms with Gasteiger partial charge in [-0.3, -0.25) is 4.79 Å². The number of carbonyl (C=O) groups is 2. The van der Waals surface area contributed by atoms with E-state index >= 15 is 0 Å². The predicted molar refractivity (Wildman–Crippen MR) is 224 cm³/mol. The molecule has 7 nitrogen and oxygen atoms in total. The lowest BCUT2D eigenvalue weighted by Gasteiger charge is -2.36. The minimum atomic E-state index is -0.859. The number of nitrogens with one attached hydrogen (secondary N) is 1. The number of methoxy groups -OCH3 is 2. The molecule has 0 aliphatic heterocycles. The molecule has 56 heavy (non-hydrogen) atoms. The second-order valence-electron chi connectivity index (χ2n) is 13.8. The second kappa shape index (κ2) is 17.6. The van der Waals surface area contributed by atoms with Crippen molar-refractivity contribution < 1.29 is 23.8 Å². The number of ether oxygens (including phenoxy) is 3. The van der Waals surface area contributed by atoms with Gasteiger partial charge in [0.25, 0.3) is 0 Å². The van der Waals surface area contributed by atoms with Crippen LogP contribution in [0.2, 0.25) is 0 Å². The van der Waals surface area contributed by atoms with Gasteiger partial charge in [0.05, 0.1) is 19.0 Å². The summed E-state index contributed by atoms with van der Waals surface area (Å²) < 4.78 is 16.5. The van der Waals surface area contributed by atoms with Crippen molar-refractivity contribution in [2.75, 3.05) is 33.1 Å². The molecule has 1 unspecified atom stereocenters. The van der Waals surface area contributed by atoms with Crippen molar-refractivity contribution in [2.45, 2.75) is 30.2 Å². The Morgan fingerprint density at radius 1 is 0.696 bits per heavy atom. The van der Waals surface area contributed by atoms with E-state index < -0.39 is 16.9 Å². The lowest BCUT2D eigenvalue weighted by atomic mass is 9.84. The summed E-state index contributed by atoms with van der Waals surface area (Å²) in [5.74, 6) is 1.53. The molecule has 0 saturated heterocycles. The Bertz CT molecular complexity index is 2110. The molecular formula is C48H46N2O5S. The number of rotatable bonds is 15. The molecule has 2 amide bonds. The topological polar surface area (TPSA) is 77.1 Å². The maximum atomic E-state index is 14.4. The Balaban J connectivity index is 1.12. The number of hydrogen-bond acceptors (Lipinski definition) is 6. The average molecular weight is 763 g/mol. The number of alkyl carbamates (subject to hydrolysis) is 1. The van der Waals surface area contributed by atoms with E-state index in [-0.39, 0.29) is 25.0 Å². The molecule has 6 aromatic carbocycles. The molecule has 1 N–H and O–H groups in total. The molecule has 1 aliphatic carbocycles. The molecule has 6 aromatic rings. The van der Waals surface area contributed by atoms with Gasteiger partial charge in [-0.1, -0.05) is 140 Å². The van der Waals surface area contributed by atoms with Crippen molar-refractivity contribution in [2.24, 2.45) is 0 Å². The van der Waals surface area contributed by atoms with E-state index in [0.717, 1.165) is 44.5 Å². The van der Waals surface area contributed by atoms with Gasteiger partial charge in [0.2, 0.25) is 5.91 Å². The number of carbonyl (C=O) groups excluding carboxylic acids is 2. The lowest BCUT2D eigenvalue weighted by Crippen LogP contribution is -2.47. The van der Waals surface area contributed by atoms with E-state index in [9.17, 15) is 9.59 Å². The Morgan fingerprint density at radius 3 is 1.73 bits per heavy atom. The van der Waals surface area contributed by atoms with Crippen molar-refractivity contribution in [3.8, 4) is 22.6 Å². The summed E-state index contributed by atoms with van der Waals surface area (Å²) in [6.45, 7) is 2.52. The molecule has 1 aliphatic rings. The standard InChI is InChI=1S/C48H46N2O5S/c1-34(49-47(52)55-33-44-42-25-15-13-23-40(42)41-24-14-16-26-43(41)44)46(51)50(32-35-27-28-39(53-2)31-45(35)54-3)29-30-56-48(36-17-7-4-8-18-36,37-19-9-5-10-20-37)38-21-11-6-12-22-38/h4-28,31,34,44H,29-30,32-33H2,1-3H3,(H,49,52). The van der Waals surface area contributed by atoms with Crippen molar-refractivity contribution >= 4 is 23.8 Å². The summed E-state index contributed by atoms with van der Waals surface area (Å²) in [6.07, 6.45) is -0.639. The van der Waals surface area contributed by atoms with Gasteiger partial charge < -0.3 is 24.4 Å². The number of hydrogen-bond donors (Lipinski definition) is 1. The van der Waals surface area contributed by atoms with Crippen molar-refractivity contribution in [1.82, 2.24) is 10.2 Å². The highest BCUT2D eigenvalue weighted by Gasteiger charge is 2.37. The van der Waals surface area contributed by atoms with Crippen LogP contribution in [0.15, 0.2) is 158 Å². The fourth-order valence-electron chi connectivity index (χ4n) is 7.69. The van der Waals surface area contributed by atoms with Crippen LogP contribution in [0, 0.1) is 0 Å². The summed E-state index contributed by atoms with van der Waals surface area (Å²) in [7, 11) is 3.21. The highest BCUT2D eigenvalue weighted by Crippen LogP contribution is 2.48. The van der Waals surface area contributed by atoms with Crippen molar-refractivity contribution in [1.29, 1.82) is 0 Å². The minimum Gasteiger partial charge on any atom is -0.497 e. The van der Waals surface area contributed by atoms with Crippen LogP contribution in [-0.4, -0.2) is 56.1 Å². The first-order valence-electron chi connectivity index (χ1n) is 18.8. The number of amides is 2. The van der Waals surface area contributed by atoms with Crippen LogP contribution in [0.25, 0.3) is 11.1 Å². The highest BCUT2D eigenvalue weighted by atomic mass is 32.2. The molecular weight excluding hydrogens is 717 g/mol. The first-order valence-corrected chi connectivity index (χ1v) is 19.8. The molecule has 8 heteroatoms. The van der Waals surface area contributed by atoms with Gasteiger partial charge in [-0.15, -0.1) is 11.8 Å². The Labute approximate surface area is 333 Å². The molecule has 0 fully saturated rings. The summed E-state index contributed by atoms with van der Waals surface area (Å²) in [6, 6.07) is 52.6. The van der Waals surface area contributed by atoms with Gasteiger partial charge in [-0.2, -0.15) is 0 Å². The number of nitrogens with zero attached hydrogens (tertiary/aromatic N) is 1. The van der Waals surface area contributed by atoms with Gasteiger partial charge in [0, 0.05) is 36.4 Å². The molecule has 284 valence electrons. The third-order valence-corrected chi connectivity index (χ3v) is 12.0. The molecule has 0 radical (unpaired) electrons. The van der Waals surface area contributed by atoms with E-state index in [0.29, 0.717) is 23.8 Å². The van der Waals surface area contributed by atoms with Crippen LogP contribution < -0.4 is 14.8 Å². The van der Waals surface area contributed by atoms with Gasteiger partial charge in [0.15, 0.2) is 0 Å². The van der Waals surface area contributed by atoms with Crippen LogP contribution in [0.3, 0.4) is 0 Å². The minimum absolute atomic E-state index is 0.0886. The Morgan fingerprint density at radius 2 is 1.21 bits per heavy atom. The summed E-state index contributed by atoms with van der Waals surface area (Å²) in [5.41, 5.74) is 8.80. The summed E-state index contributed by atoms with van der Waals surface area (Å²) in [5, 5.41) is 2.84. The van der Waals surface area contributed by atoms with Crippen LogP contribution in [0.5, 0.6) is 11.5 Å². The van der Waals surface area contributed by atoms with Crippen LogP contribution in [-0.2, 0) is 20.8 Å². The van der Waals surface area contributed by atoms with E-state index in [4.69, 9.17) is 14.2 Å². The first kappa shape index (κ1) is 38.3. The summed E-state index contributed by atoms with van der Waals surface area (Å²) in [4.78, 5) is 29.6. The van der Waals surface area contributed by atoms with Crippen LogP contribution in [0.4, 0.5) is 4.79 Å². The van der Waals surface area contributed by atoms with Crippen LogP contribution >= 0.6 is 11.8 Å². The van der Waals surface area contributed by atoms with E-state index in [1.54, 1.807) is 37.8 Å². The van der Waals surface area contributed by atoms with Crippen molar-refractivity contribution in [3.63, 3.8) is 0 Å². The third kappa shape index (κ3) is 8.02. The van der Waals surface area contributed by atoms with Gasteiger partial charge in [0.1, 0.15) is 24.1 Å². The molecule has 1 atom stereocenters. The lowest BCUT2D eigenvalue weighted by molar-refractivity contribution is -0.133. The SMILES string of the molecule is COc1ccc(CN(CCSC(c2ccccc2)(c2ccccc2)c2ccccc2)C(=O)C(C)NC(=O)OCC2c3ccccc3-c3ccccc32)c(OC)c1. The third-order valence-electron chi connectivity index (χ3n) is 10.4. The normalized spacial score (nSPS) is 12.6. The Hall–Kier alpha value is -5.99. The molecule has 0 bridgehead atoms. The quantitative estimate of drug-likeness (QED) is 0.105. The number of fused-ring (bicyclic) bond motifs is 3. The monoisotopic (exact) mass is 762 g/mol. The smallest absolute Gasteiger partial charge is 0.407 e. The van der Waals surface area contributed by atoms with Gasteiger partial charge in [-0.25, -0.2) is 4.79 Å². The first-order chi connectivity index (χ1) is 27.4. The van der Waals surface area contributed by atoms with Gasteiger partial charge in [-0.05, 0) is 58.0 Å². The zero-order valence-electron chi connectivity index (χ0n) is 31.9.